The predicted molar refractivity (Wildman–Crippen MR) is 81.3 cm³/mol. The first-order valence-electron chi connectivity index (χ1n) is 7.71. The van der Waals surface area contributed by atoms with Gasteiger partial charge in [0.05, 0.1) is 12.0 Å². The Morgan fingerprint density at radius 3 is 2.90 bits per heavy atom. The fraction of sp³-hybridized carbons (Fsp3) is 0.471. The number of aromatic nitrogens is 1. The molecule has 4 rings (SSSR count). The minimum Gasteiger partial charge on any atom is -0.481 e. The molecule has 4 nitrogen and oxygen atoms in total. The van der Waals surface area contributed by atoms with E-state index in [0.29, 0.717) is 0 Å². The lowest BCUT2D eigenvalue weighted by Crippen LogP contribution is -2.46. The summed E-state index contributed by atoms with van der Waals surface area (Å²) in [6, 6.07) is 8.47. The maximum absolute atomic E-state index is 11.7. The van der Waals surface area contributed by atoms with Crippen molar-refractivity contribution < 1.29 is 9.90 Å². The number of aryl methyl sites for hydroxylation is 1. The van der Waals surface area contributed by atoms with Crippen molar-refractivity contribution in [1.29, 1.82) is 0 Å². The summed E-state index contributed by atoms with van der Waals surface area (Å²) in [5.74, 6) is -0.927. The number of fused-ring (bicyclic) bond motifs is 5. The topological polar surface area (TPSA) is 45.5 Å². The minimum atomic E-state index is -0.650. The van der Waals surface area contributed by atoms with Crippen molar-refractivity contribution in [2.24, 2.45) is 13.0 Å². The van der Waals surface area contributed by atoms with Crippen LogP contribution >= 0.6 is 0 Å². The number of hydrogen-bond acceptors (Lipinski definition) is 2. The van der Waals surface area contributed by atoms with Gasteiger partial charge in [0.25, 0.3) is 0 Å². The Labute approximate surface area is 124 Å². The van der Waals surface area contributed by atoms with E-state index in [1.54, 1.807) is 0 Å². The van der Waals surface area contributed by atoms with Gasteiger partial charge in [-0.3, -0.25) is 9.69 Å². The van der Waals surface area contributed by atoms with E-state index in [1.807, 2.05) is 0 Å². The predicted octanol–water partition coefficient (Wildman–Crippen LogP) is 2.57. The first-order valence-corrected chi connectivity index (χ1v) is 7.71. The lowest BCUT2D eigenvalue weighted by molar-refractivity contribution is -0.146. The summed E-state index contributed by atoms with van der Waals surface area (Å²) < 4.78 is 2.22. The van der Waals surface area contributed by atoms with Crippen molar-refractivity contribution in [1.82, 2.24) is 9.47 Å². The summed E-state index contributed by atoms with van der Waals surface area (Å²) in [4.78, 5) is 14.1. The number of aliphatic carboxylic acids is 1. The van der Waals surface area contributed by atoms with E-state index in [0.717, 1.165) is 32.4 Å². The molecule has 1 saturated heterocycles. The molecule has 2 atom stereocenters. The molecule has 2 aliphatic heterocycles. The van der Waals surface area contributed by atoms with Crippen LogP contribution in [0.4, 0.5) is 0 Å². The molecule has 0 spiro atoms. The number of nitrogens with zero attached hydrogens (tertiary/aromatic N) is 2. The standard InChI is InChI=1S/C17H20N2O2/c1-18-14-7-3-2-5-11(14)12-8-10-19-9-4-6-13(17(20)21)16(19)15(12)18/h2-3,5,7,13,16H,4,6,8-10H2,1H3,(H,20,21)/t13-,16?/m1/s1. The van der Waals surface area contributed by atoms with Crippen LogP contribution in [0.2, 0.25) is 0 Å². The molecule has 3 heterocycles. The molecule has 0 amide bonds. The molecule has 0 aliphatic carbocycles. The molecular formula is C17H20N2O2. The van der Waals surface area contributed by atoms with Gasteiger partial charge in [0.15, 0.2) is 0 Å². The Hall–Kier alpha value is -1.81. The summed E-state index contributed by atoms with van der Waals surface area (Å²) in [5.41, 5.74) is 3.82. The molecule has 1 N–H and O–H groups in total. The SMILES string of the molecule is Cn1c2c(c3ccccc31)CCN1CCC[C@@H](C(=O)O)C21. The molecule has 0 radical (unpaired) electrons. The van der Waals surface area contributed by atoms with Gasteiger partial charge in [-0.25, -0.2) is 0 Å². The van der Waals surface area contributed by atoms with Gasteiger partial charge in [0.1, 0.15) is 0 Å². The van der Waals surface area contributed by atoms with E-state index in [4.69, 9.17) is 0 Å². The highest BCUT2D eigenvalue weighted by molar-refractivity contribution is 5.86. The van der Waals surface area contributed by atoms with Crippen molar-refractivity contribution in [3.8, 4) is 0 Å². The molecule has 2 aliphatic rings. The normalized spacial score (nSPS) is 25.6. The number of carboxylic acid groups (broad SMARTS) is 1. The minimum absolute atomic E-state index is 0.0393. The summed E-state index contributed by atoms with van der Waals surface area (Å²) in [6.45, 7) is 2.00. The second-order valence-electron chi connectivity index (χ2n) is 6.26. The molecule has 1 fully saturated rings. The van der Waals surface area contributed by atoms with E-state index >= 15 is 0 Å². The van der Waals surface area contributed by atoms with Crippen molar-refractivity contribution in [2.75, 3.05) is 13.1 Å². The third-order valence-electron chi connectivity index (χ3n) is 5.24. The zero-order chi connectivity index (χ0) is 14.6. The zero-order valence-electron chi connectivity index (χ0n) is 12.2. The molecule has 110 valence electrons. The molecule has 0 bridgehead atoms. The highest BCUT2D eigenvalue weighted by Crippen LogP contribution is 2.43. The number of para-hydroxylation sites is 1. The highest BCUT2D eigenvalue weighted by Gasteiger charge is 2.42. The Bertz CT molecular complexity index is 719. The monoisotopic (exact) mass is 284 g/mol. The fourth-order valence-corrected chi connectivity index (χ4v) is 4.33. The Morgan fingerprint density at radius 2 is 2.10 bits per heavy atom. The molecular weight excluding hydrogens is 264 g/mol. The van der Waals surface area contributed by atoms with Crippen molar-refractivity contribution in [2.45, 2.75) is 25.3 Å². The van der Waals surface area contributed by atoms with E-state index in [-0.39, 0.29) is 12.0 Å². The van der Waals surface area contributed by atoms with Gasteiger partial charge in [-0.2, -0.15) is 0 Å². The fourth-order valence-electron chi connectivity index (χ4n) is 4.33. The molecule has 0 saturated carbocycles. The van der Waals surface area contributed by atoms with Gasteiger partial charge in [-0.05, 0) is 37.4 Å². The van der Waals surface area contributed by atoms with Crippen LogP contribution in [0.3, 0.4) is 0 Å². The molecule has 1 aromatic heterocycles. The Kier molecular flexibility index (Phi) is 2.82. The van der Waals surface area contributed by atoms with E-state index in [9.17, 15) is 9.90 Å². The van der Waals surface area contributed by atoms with Gasteiger partial charge in [-0.1, -0.05) is 18.2 Å². The van der Waals surface area contributed by atoms with E-state index < -0.39 is 5.97 Å². The molecule has 2 aromatic rings. The largest absolute Gasteiger partial charge is 0.481 e. The van der Waals surface area contributed by atoms with E-state index in [2.05, 4.69) is 40.8 Å². The number of piperidine rings is 1. The molecule has 4 heteroatoms. The number of benzene rings is 1. The quantitative estimate of drug-likeness (QED) is 0.875. The molecule has 21 heavy (non-hydrogen) atoms. The van der Waals surface area contributed by atoms with Gasteiger partial charge >= 0.3 is 5.97 Å². The lowest BCUT2D eigenvalue weighted by Gasteiger charge is -2.43. The molecule has 1 unspecified atom stereocenters. The Balaban J connectivity index is 1.95. The summed E-state index contributed by atoms with van der Waals surface area (Å²) >= 11 is 0. The van der Waals surface area contributed by atoms with Crippen LogP contribution in [0.5, 0.6) is 0 Å². The van der Waals surface area contributed by atoms with Gasteiger partial charge in [0.2, 0.25) is 0 Å². The average molecular weight is 284 g/mol. The maximum Gasteiger partial charge on any atom is 0.308 e. The van der Waals surface area contributed by atoms with Crippen LogP contribution in [0.25, 0.3) is 10.9 Å². The highest BCUT2D eigenvalue weighted by atomic mass is 16.4. The first kappa shape index (κ1) is 12.9. The number of carbonyl (C=O) groups is 1. The van der Waals surface area contributed by atoms with Crippen molar-refractivity contribution >= 4 is 16.9 Å². The van der Waals surface area contributed by atoms with Gasteiger partial charge in [0, 0.05) is 30.2 Å². The van der Waals surface area contributed by atoms with Gasteiger partial charge in [-0.15, -0.1) is 0 Å². The van der Waals surface area contributed by atoms with Crippen molar-refractivity contribution in [3.05, 3.63) is 35.5 Å². The number of hydrogen-bond donors (Lipinski definition) is 1. The number of rotatable bonds is 1. The van der Waals surface area contributed by atoms with E-state index in [1.165, 1.54) is 22.2 Å². The summed E-state index contributed by atoms with van der Waals surface area (Å²) in [7, 11) is 2.08. The van der Waals surface area contributed by atoms with Crippen LogP contribution in [-0.4, -0.2) is 33.6 Å². The third-order valence-corrected chi connectivity index (χ3v) is 5.24. The van der Waals surface area contributed by atoms with Crippen LogP contribution < -0.4 is 0 Å². The summed E-state index contributed by atoms with van der Waals surface area (Å²) in [6.07, 6.45) is 2.81. The lowest BCUT2D eigenvalue weighted by atomic mass is 9.82. The second-order valence-corrected chi connectivity index (χ2v) is 6.26. The molecule has 1 aromatic carbocycles. The van der Waals surface area contributed by atoms with Crippen LogP contribution in [0.15, 0.2) is 24.3 Å². The van der Waals surface area contributed by atoms with Crippen LogP contribution in [0.1, 0.15) is 30.1 Å². The number of carboxylic acids is 1. The van der Waals surface area contributed by atoms with Crippen LogP contribution in [0, 0.1) is 5.92 Å². The second kappa shape index (κ2) is 4.60. The van der Waals surface area contributed by atoms with Gasteiger partial charge < -0.3 is 9.67 Å². The zero-order valence-corrected chi connectivity index (χ0v) is 12.2. The summed E-state index contributed by atoms with van der Waals surface area (Å²) in [5, 5.41) is 10.9. The smallest absolute Gasteiger partial charge is 0.308 e. The third kappa shape index (κ3) is 1.75. The van der Waals surface area contributed by atoms with Crippen molar-refractivity contribution in [3.63, 3.8) is 0 Å². The van der Waals surface area contributed by atoms with Crippen LogP contribution in [-0.2, 0) is 18.3 Å². The Morgan fingerprint density at radius 1 is 1.29 bits per heavy atom. The average Bonchev–Trinajstić information content (AvgIpc) is 2.80. The maximum atomic E-state index is 11.7. The first-order chi connectivity index (χ1) is 10.2.